The van der Waals surface area contributed by atoms with E-state index >= 15 is 0 Å². The second kappa shape index (κ2) is 8.51. The first-order valence-corrected chi connectivity index (χ1v) is 8.13. The summed E-state index contributed by atoms with van der Waals surface area (Å²) in [6.45, 7) is 2.92. The van der Waals surface area contributed by atoms with Crippen molar-refractivity contribution in [3.63, 3.8) is 0 Å². The fourth-order valence-electron chi connectivity index (χ4n) is 2.02. The molecule has 0 aliphatic heterocycles. The fraction of sp³-hybridized carbons (Fsp3) is 0.375. The minimum Gasteiger partial charge on any atom is -0.375 e. The van der Waals surface area contributed by atoms with Gasteiger partial charge in [-0.3, -0.25) is 0 Å². The highest BCUT2D eigenvalue weighted by Gasteiger charge is 2.11. The Labute approximate surface area is 134 Å². The van der Waals surface area contributed by atoms with Gasteiger partial charge in [0.25, 0.3) is 0 Å². The number of nitrogens with one attached hydrogen (secondary N) is 2. The van der Waals surface area contributed by atoms with E-state index in [1.807, 2.05) is 35.7 Å². The Morgan fingerprint density at radius 3 is 2.73 bits per heavy atom. The Hall–Kier alpha value is -1.92. The molecule has 1 unspecified atom stereocenters. The van der Waals surface area contributed by atoms with E-state index < -0.39 is 0 Å². The molecule has 1 heterocycles. The maximum Gasteiger partial charge on any atom is 0.315 e. The summed E-state index contributed by atoms with van der Waals surface area (Å²) in [4.78, 5) is 16.3. The van der Waals surface area contributed by atoms with Crippen LogP contribution in [-0.2, 0) is 17.7 Å². The van der Waals surface area contributed by atoms with Crippen LogP contribution in [0.25, 0.3) is 0 Å². The number of ether oxygens (including phenoxy) is 1. The van der Waals surface area contributed by atoms with Gasteiger partial charge in [-0.15, -0.1) is 11.3 Å². The van der Waals surface area contributed by atoms with Crippen LogP contribution in [0.4, 0.5) is 4.79 Å². The SMILES string of the molecule is CCc1nc(CNC(=O)NCC(OC)c2ccccc2)cs1. The van der Waals surface area contributed by atoms with E-state index in [0.29, 0.717) is 13.1 Å². The maximum absolute atomic E-state index is 11.8. The topological polar surface area (TPSA) is 63.2 Å². The Kier molecular flexibility index (Phi) is 6.36. The van der Waals surface area contributed by atoms with Crippen molar-refractivity contribution in [2.75, 3.05) is 13.7 Å². The molecule has 0 bridgehead atoms. The zero-order valence-corrected chi connectivity index (χ0v) is 13.7. The lowest BCUT2D eigenvalue weighted by Gasteiger charge is -2.16. The number of carbonyl (C=O) groups excluding carboxylic acids is 1. The molecule has 0 fully saturated rings. The third kappa shape index (κ3) is 4.82. The average molecular weight is 319 g/mol. The molecule has 2 aromatic rings. The molecule has 2 rings (SSSR count). The van der Waals surface area contributed by atoms with Gasteiger partial charge in [-0.1, -0.05) is 37.3 Å². The van der Waals surface area contributed by atoms with Gasteiger partial charge in [-0.05, 0) is 12.0 Å². The number of amides is 2. The number of thiazole rings is 1. The van der Waals surface area contributed by atoms with Crippen molar-refractivity contribution in [3.8, 4) is 0 Å². The number of urea groups is 1. The summed E-state index contributed by atoms with van der Waals surface area (Å²) in [7, 11) is 1.64. The molecule has 2 amide bonds. The first-order valence-electron chi connectivity index (χ1n) is 7.25. The first kappa shape index (κ1) is 16.5. The van der Waals surface area contributed by atoms with Crippen molar-refractivity contribution < 1.29 is 9.53 Å². The smallest absolute Gasteiger partial charge is 0.315 e. The van der Waals surface area contributed by atoms with Crippen molar-refractivity contribution in [1.82, 2.24) is 15.6 Å². The third-order valence-corrected chi connectivity index (χ3v) is 4.28. The third-order valence-electron chi connectivity index (χ3n) is 3.24. The molecule has 5 nitrogen and oxygen atoms in total. The highest BCUT2D eigenvalue weighted by Crippen LogP contribution is 2.14. The van der Waals surface area contributed by atoms with E-state index in [1.165, 1.54) is 0 Å². The summed E-state index contributed by atoms with van der Waals surface area (Å²) in [5.41, 5.74) is 1.93. The van der Waals surface area contributed by atoms with Crippen molar-refractivity contribution in [3.05, 3.63) is 52.0 Å². The average Bonchev–Trinajstić information content (AvgIpc) is 3.02. The molecule has 118 valence electrons. The molecular weight excluding hydrogens is 298 g/mol. The summed E-state index contributed by atoms with van der Waals surface area (Å²) in [5, 5.41) is 8.69. The highest BCUT2D eigenvalue weighted by molar-refractivity contribution is 7.09. The van der Waals surface area contributed by atoms with Crippen molar-refractivity contribution >= 4 is 17.4 Å². The van der Waals surface area contributed by atoms with E-state index in [1.54, 1.807) is 18.4 Å². The van der Waals surface area contributed by atoms with Crippen molar-refractivity contribution in [1.29, 1.82) is 0 Å². The van der Waals surface area contributed by atoms with Gasteiger partial charge in [0.15, 0.2) is 0 Å². The van der Waals surface area contributed by atoms with Crippen LogP contribution in [0.1, 0.15) is 29.3 Å². The number of nitrogens with zero attached hydrogens (tertiary/aromatic N) is 1. The minimum atomic E-state index is -0.218. The Morgan fingerprint density at radius 1 is 1.32 bits per heavy atom. The predicted molar refractivity (Wildman–Crippen MR) is 87.9 cm³/mol. The second-order valence-electron chi connectivity index (χ2n) is 4.78. The van der Waals surface area contributed by atoms with Crippen LogP contribution in [0.15, 0.2) is 35.7 Å². The lowest BCUT2D eigenvalue weighted by atomic mass is 10.1. The lowest BCUT2D eigenvalue weighted by molar-refractivity contribution is 0.104. The monoisotopic (exact) mass is 319 g/mol. The summed E-state index contributed by atoms with van der Waals surface area (Å²) >= 11 is 1.62. The van der Waals surface area contributed by atoms with Crippen LogP contribution in [0.5, 0.6) is 0 Å². The number of aryl methyl sites for hydroxylation is 1. The normalized spacial score (nSPS) is 11.9. The molecule has 1 atom stereocenters. The largest absolute Gasteiger partial charge is 0.375 e. The van der Waals surface area contributed by atoms with Gasteiger partial charge in [0.05, 0.1) is 23.4 Å². The van der Waals surface area contributed by atoms with Gasteiger partial charge in [0, 0.05) is 19.0 Å². The van der Waals surface area contributed by atoms with Gasteiger partial charge < -0.3 is 15.4 Å². The minimum absolute atomic E-state index is 0.155. The summed E-state index contributed by atoms with van der Waals surface area (Å²) < 4.78 is 5.41. The van der Waals surface area contributed by atoms with Gasteiger partial charge >= 0.3 is 6.03 Å². The van der Waals surface area contributed by atoms with Crippen LogP contribution >= 0.6 is 11.3 Å². The number of hydrogen-bond acceptors (Lipinski definition) is 4. The Bertz CT molecular complexity index is 586. The van der Waals surface area contributed by atoms with Gasteiger partial charge in [0.2, 0.25) is 0 Å². The number of rotatable bonds is 7. The Balaban J connectivity index is 1.77. The van der Waals surface area contributed by atoms with Crippen LogP contribution in [0.3, 0.4) is 0 Å². The van der Waals surface area contributed by atoms with Gasteiger partial charge in [-0.25, -0.2) is 9.78 Å². The zero-order valence-electron chi connectivity index (χ0n) is 12.8. The molecule has 0 saturated heterocycles. The van der Waals surface area contributed by atoms with E-state index in [9.17, 15) is 4.79 Å². The van der Waals surface area contributed by atoms with Crippen LogP contribution < -0.4 is 10.6 Å². The molecule has 6 heteroatoms. The number of hydrogen-bond donors (Lipinski definition) is 2. The molecule has 1 aromatic carbocycles. The summed E-state index contributed by atoms with van der Waals surface area (Å²) in [6.07, 6.45) is 0.765. The van der Waals surface area contributed by atoms with E-state index in [2.05, 4.69) is 22.5 Å². The second-order valence-corrected chi connectivity index (χ2v) is 5.73. The highest BCUT2D eigenvalue weighted by atomic mass is 32.1. The zero-order chi connectivity index (χ0) is 15.8. The van der Waals surface area contributed by atoms with E-state index in [4.69, 9.17) is 4.74 Å². The summed E-state index contributed by atoms with van der Waals surface area (Å²) in [6, 6.07) is 9.60. The fourth-order valence-corrected chi connectivity index (χ4v) is 2.76. The molecule has 1 aromatic heterocycles. The van der Waals surface area contributed by atoms with Crippen LogP contribution in [0.2, 0.25) is 0 Å². The van der Waals surface area contributed by atoms with E-state index in [0.717, 1.165) is 22.7 Å². The van der Waals surface area contributed by atoms with E-state index in [-0.39, 0.29) is 12.1 Å². The number of carbonyl (C=O) groups is 1. The van der Waals surface area contributed by atoms with Crippen LogP contribution in [0, 0.1) is 0 Å². The lowest BCUT2D eigenvalue weighted by Crippen LogP contribution is -2.37. The number of benzene rings is 1. The molecule has 2 N–H and O–H groups in total. The molecular formula is C16H21N3O2S. The maximum atomic E-state index is 11.8. The molecule has 0 aliphatic carbocycles. The molecule has 0 aliphatic rings. The first-order chi connectivity index (χ1) is 10.7. The quantitative estimate of drug-likeness (QED) is 0.825. The predicted octanol–water partition coefficient (Wildman–Crippen LogP) is 2.89. The molecule has 0 radical (unpaired) electrons. The molecule has 22 heavy (non-hydrogen) atoms. The van der Waals surface area contributed by atoms with Gasteiger partial charge in [-0.2, -0.15) is 0 Å². The molecule has 0 spiro atoms. The van der Waals surface area contributed by atoms with Crippen LogP contribution in [-0.4, -0.2) is 24.7 Å². The number of aromatic nitrogens is 1. The number of methoxy groups -OCH3 is 1. The standard InChI is InChI=1S/C16H21N3O2S/c1-3-15-19-13(11-22-15)9-17-16(20)18-10-14(21-2)12-7-5-4-6-8-12/h4-8,11,14H,3,9-10H2,1-2H3,(H2,17,18,20). The molecule has 0 saturated carbocycles. The van der Waals surface area contributed by atoms with Crippen molar-refractivity contribution in [2.45, 2.75) is 26.0 Å². The van der Waals surface area contributed by atoms with Crippen molar-refractivity contribution in [2.24, 2.45) is 0 Å². The van der Waals surface area contributed by atoms with Gasteiger partial charge in [0.1, 0.15) is 0 Å². The Morgan fingerprint density at radius 2 is 2.09 bits per heavy atom. The summed E-state index contributed by atoms with van der Waals surface area (Å²) in [5.74, 6) is 0.